The number of amides is 3. The molecule has 126 valence electrons. The van der Waals surface area contributed by atoms with Gasteiger partial charge in [-0.15, -0.1) is 0 Å². The normalized spacial score (nSPS) is 15.0. The number of carbonyl (C=O) groups excluding carboxylic acids is 2. The number of carbonyl (C=O) groups is 2. The Morgan fingerprint density at radius 1 is 1.22 bits per heavy atom. The summed E-state index contributed by atoms with van der Waals surface area (Å²) in [6, 6.07) is 7.71. The molecule has 0 spiro atoms. The van der Waals surface area contributed by atoms with Gasteiger partial charge >= 0.3 is 6.03 Å². The predicted octanol–water partition coefficient (Wildman–Crippen LogP) is 3.43. The van der Waals surface area contributed by atoms with E-state index in [1.165, 1.54) is 26.2 Å². The molecule has 0 unspecified atom stereocenters. The number of anilines is 1. The van der Waals surface area contributed by atoms with Crippen LogP contribution in [0.4, 0.5) is 10.5 Å². The zero-order valence-electron chi connectivity index (χ0n) is 13.5. The maximum Gasteiger partial charge on any atom is 0.315 e. The summed E-state index contributed by atoms with van der Waals surface area (Å²) in [6.07, 6.45) is 5.75. The highest BCUT2D eigenvalue weighted by Gasteiger charge is 2.17. The van der Waals surface area contributed by atoms with Crippen molar-refractivity contribution in [3.05, 3.63) is 28.7 Å². The van der Waals surface area contributed by atoms with Gasteiger partial charge in [-0.05, 0) is 40.9 Å². The lowest BCUT2D eigenvalue weighted by Gasteiger charge is -2.24. The van der Waals surface area contributed by atoms with Crippen LogP contribution >= 0.6 is 15.9 Å². The molecule has 1 aliphatic rings. The average Bonchev–Trinajstić information content (AvgIpc) is 2.53. The van der Waals surface area contributed by atoms with E-state index in [0.29, 0.717) is 13.1 Å². The van der Waals surface area contributed by atoms with Gasteiger partial charge in [0, 0.05) is 30.5 Å². The van der Waals surface area contributed by atoms with Crippen molar-refractivity contribution in [2.75, 3.05) is 18.0 Å². The lowest BCUT2D eigenvalue weighted by molar-refractivity contribution is -0.116. The van der Waals surface area contributed by atoms with Crippen LogP contribution in [0.25, 0.3) is 0 Å². The van der Waals surface area contributed by atoms with Crippen molar-refractivity contribution < 1.29 is 9.59 Å². The Balaban J connectivity index is 1.81. The smallest absolute Gasteiger partial charge is 0.315 e. The SMILES string of the molecule is CC(=O)N(CCNC(=O)NC1CCCCC1)c1ccccc1Br. The van der Waals surface area contributed by atoms with Crippen molar-refractivity contribution in [1.82, 2.24) is 10.6 Å². The fourth-order valence-corrected chi connectivity index (χ4v) is 3.38. The van der Waals surface area contributed by atoms with E-state index in [-0.39, 0.29) is 18.0 Å². The summed E-state index contributed by atoms with van der Waals surface area (Å²) in [7, 11) is 0. The van der Waals surface area contributed by atoms with Crippen LogP contribution in [0.2, 0.25) is 0 Å². The van der Waals surface area contributed by atoms with Crippen LogP contribution < -0.4 is 15.5 Å². The Bertz CT molecular complexity index is 544. The monoisotopic (exact) mass is 381 g/mol. The van der Waals surface area contributed by atoms with E-state index in [2.05, 4.69) is 26.6 Å². The number of para-hydroxylation sites is 1. The van der Waals surface area contributed by atoms with Crippen molar-refractivity contribution in [1.29, 1.82) is 0 Å². The number of hydrogen-bond acceptors (Lipinski definition) is 2. The molecule has 0 atom stereocenters. The van der Waals surface area contributed by atoms with E-state index >= 15 is 0 Å². The molecule has 0 saturated heterocycles. The molecule has 0 aromatic heterocycles. The number of rotatable bonds is 5. The first-order chi connectivity index (χ1) is 11.1. The van der Waals surface area contributed by atoms with Gasteiger partial charge in [-0.1, -0.05) is 31.4 Å². The minimum Gasteiger partial charge on any atom is -0.336 e. The van der Waals surface area contributed by atoms with Gasteiger partial charge in [0.15, 0.2) is 0 Å². The Morgan fingerprint density at radius 2 is 1.91 bits per heavy atom. The maximum absolute atomic E-state index is 11.9. The van der Waals surface area contributed by atoms with Crippen molar-refractivity contribution in [2.24, 2.45) is 0 Å². The number of benzene rings is 1. The van der Waals surface area contributed by atoms with Crippen LogP contribution in [0.1, 0.15) is 39.0 Å². The number of hydrogen-bond donors (Lipinski definition) is 2. The topological polar surface area (TPSA) is 61.4 Å². The van der Waals surface area contributed by atoms with Crippen LogP contribution in [-0.4, -0.2) is 31.1 Å². The van der Waals surface area contributed by atoms with Crippen molar-refractivity contribution in [2.45, 2.75) is 45.1 Å². The number of urea groups is 1. The second kappa shape index (κ2) is 8.91. The molecule has 0 heterocycles. The average molecular weight is 382 g/mol. The van der Waals surface area contributed by atoms with Gasteiger partial charge in [-0.2, -0.15) is 0 Å². The largest absolute Gasteiger partial charge is 0.336 e. The fraction of sp³-hybridized carbons (Fsp3) is 0.529. The molecule has 0 radical (unpaired) electrons. The summed E-state index contributed by atoms with van der Waals surface area (Å²) in [6.45, 7) is 2.39. The van der Waals surface area contributed by atoms with Gasteiger partial charge in [0.2, 0.25) is 5.91 Å². The molecule has 2 N–H and O–H groups in total. The Labute approximate surface area is 145 Å². The quantitative estimate of drug-likeness (QED) is 0.820. The second-order valence-corrected chi connectivity index (χ2v) is 6.71. The first-order valence-electron chi connectivity index (χ1n) is 8.15. The van der Waals surface area contributed by atoms with Gasteiger partial charge in [-0.25, -0.2) is 4.79 Å². The highest BCUT2D eigenvalue weighted by Crippen LogP contribution is 2.25. The highest BCUT2D eigenvalue weighted by molar-refractivity contribution is 9.10. The van der Waals surface area contributed by atoms with Crippen LogP contribution in [0, 0.1) is 0 Å². The van der Waals surface area contributed by atoms with E-state index in [4.69, 9.17) is 0 Å². The third-order valence-corrected chi connectivity index (χ3v) is 4.76. The minimum atomic E-state index is -0.146. The van der Waals surface area contributed by atoms with Gasteiger partial charge in [0.05, 0.1) is 5.69 Å². The lowest BCUT2D eigenvalue weighted by atomic mass is 9.96. The Morgan fingerprint density at radius 3 is 2.57 bits per heavy atom. The number of nitrogens with zero attached hydrogens (tertiary/aromatic N) is 1. The minimum absolute atomic E-state index is 0.0496. The summed E-state index contributed by atoms with van der Waals surface area (Å²) in [5.74, 6) is -0.0496. The van der Waals surface area contributed by atoms with Crippen LogP contribution in [-0.2, 0) is 4.79 Å². The number of nitrogens with one attached hydrogen (secondary N) is 2. The van der Waals surface area contributed by atoms with Gasteiger partial charge in [0.25, 0.3) is 0 Å². The first-order valence-corrected chi connectivity index (χ1v) is 8.94. The molecular weight excluding hydrogens is 358 g/mol. The van der Waals surface area contributed by atoms with Crippen molar-refractivity contribution in [3.8, 4) is 0 Å². The first kappa shape index (κ1) is 17.8. The summed E-state index contributed by atoms with van der Waals surface area (Å²) in [5.41, 5.74) is 0.814. The van der Waals surface area contributed by atoms with Crippen molar-refractivity contribution >= 4 is 33.6 Å². The Hall–Kier alpha value is -1.56. The van der Waals surface area contributed by atoms with E-state index in [1.807, 2.05) is 24.3 Å². The third kappa shape index (κ3) is 5.53. The van der Waals surface area contributed by atoms with E-state index < -0.39 is 0 Å². The lowest BCUT2D eigenvalue weighted by Crippen LogP contribution is -2.45. The molecule has 1 saturated carbocycles. The third-order valence-electron chi connectivity index (χ3n) is 4.08. The molecule has 5 nitrogen and oxygen atoms in total. The molecule has 1 aromatic carbocycles. The molecule has 3 amide bonds. The zero-order chi connectivity index (χ0) is 16.7. The molecule has 0 aliphatic heterocycles. The molecule has 0 bridgehead atoms. The zero-order valence-corrected chi connectivity index (χ0v) is 15.1. The molecule has 1 aliphatic carbocycles. The standard InChI is InChI=1S/C17H24BrN3O2/c1-13(22)21(16-10-6-5-9-15(16)18)12-11-19-17(23)20-14-7-3-2-4-8-14/h5-6,9-10,14H,2-4,7-8,11-12H2,1H3,(H2,19,20,23). The van der Waals surface area contributed by atoms with Crippen LogP contribution in [0.5, 0.6) is 0 Å². The molecule has 23 heavy (non-hydrogen) atoms. The molecule has 2 rings (SSSR count). The van der Waals surface area contributed by atoms with Gasteiger partial charge in [-0.3, -0.25) is 4.79 Å². The molecule has 6 heteroatoms. The van der Waals surface area contributed by atoms with Gasteiger partial charge < -0.3 is 15.5 Å². The maximum atomic E-state index is 11.9. The van der Waals surface area contributed by atoms with Crippen LogP contribution in [0.15, 0.2) is 28.7 Å². The summed E-state index contributed by atoms with van der Waals surface area (Å²) < 4.78 is 0.863. The molecular formula is C17H24BrN3O2. The van der Waals surface area contributed by atoms with Gasteiger partial charge in [0.1, 0.15) is 0 Å². The number of halogens is 1. The van der Waals surface area contributed by atoms with E-state index in [9.17, 15) is 9.59 Å². The molecule has 1 aromatic rings. The summed E-state index contributed by atoms with van der Waals surface area (Å²) in [5, 5.41) is 5.86. The fourth-order valence-electron chi connectivity index (χ4n) is 2.88. The Kier molecular flexibility index (Phi) is 6.89. The predicted molar refractivity (Wildman–Crippen MR) is 95.6 cm³/mol. The van der Waals surface area contributed by atoms with E-state index in [1.54, 1.807) is 4.90 Å². The van der Waals surface area contributed by atoms with Crippen molar-refractivity contribution in [3.63, 3.8) is 0 Å². The highest BCUT2D eigenvalue weighted by atomic mass is 79.9. The second-order valence-electron chi connectivity index (χ2n) is 5.86. The summed E-state index contributed by atoms with van der Waals surface area (Å²) in [4.78, 5) is 25.5. The van der Waals surface area contributed by atoms with E-state index in [0.717, 1.165) is 23.0 Å². The summed E-state index contributed by atoms with van der Waals surface area (Å²) >= 11 is 3.46. The van der Waals surface area contributed by atoms with Crippen LogP contribution in [0.3, 0.4) is 0 Å². The molecule has 1 fully saturated rings.